The van der Waals surface area contributed by atoms with Crippen molar-refractivity contribution in [3.63, 3.8) is 0 Å². The number of hydrogen-bond acceptors (Lipinski definition) is 4. The Labute approximate surface area is 149 Å². The van der Waals surface area contributed by atoms with Gasteiger partial charge in [-0.1, -0.05) is 30.3 Å². The Hall–Kier alpha value is -1.39. The van der Waals surface area contributed by atoms with Crippen molar-refractivity contribution in [2.75, 3.05) is 31.1 Å². The number of aromatic nitrogens is 1. The Bertz CT molecular complexity index is 633. The van der Waals surface area contributed by atoms with E-state index in [4.69, 9.17) is 0 Å². The molecular weight excluding hydrogens is 314 g/mol. The standard InChI is InChI=1S/C20H27N3S/c1-2-7-17(8-3-1)18-9-6-11-22(14-10-18)16-19-15-21-20(24-19)23-12-4-5-13-23/h1-3,7-8,15,18H,4-6,9-14,16H2/t18-/m1/s1. The highest BCUT2D eigenvalue weighted by Crippen LogP contribution is 2.30. The van der Waals surface area contributed by atoms with Crippen LogP contribution in [0.2, 0.25) is 0 Å². The number of likely N-dealkylation sites (tertiary alicyclic amines) is 1. The van der Waals surface area contributed by atoms with Gasteiger partial charge in [0.05, 0.1) is 0 Å². The summed E-state index contributed by atoms with van der Waals surface area (Å²) >= 11 is 1.90. The molecule has 2 aliphatic heterocycles. The van der Waals surface area contributed by atoms with Gasteiger partial charge >= 0.3 is 0 Å². The van der Waals surface area contributed by atoms with Crippen LogP contribution in [-0.4, -0.2) is 36.1 Å². The first kappa shape index (κ1) is 16.1. The SMILES string of the molecule is c1ccc([C@@H]2CCCN(Cc3cnc(N4CCCC4)s3)CC2)cc1. The molecule has 1 aromatic heterocycles. The van der Waals surface area contributed by atoms with Crippen molar-refractivity contribution in [3.05, 3.63) is 47.0 Å². The number of nitrogens with zero attached hydrogens (tertiary/aromatic N) is 3. The summed E-state index contributed by atoms with van der Waals surface area (Å²) in [7, 11) is 0. The summed E-state index contributed by atoms with van der Waals surface area (Å²) in [5.74, 6) is 0.734. The number of thiazole rings is 1. The molecule has 1 aromatic carbocycles. The van der Waals surface area contributed by atoms with E-state index in [1.165, 1.54) is 73.9 Å². The number of hydrogen-bond donors (Lipinski definition) is 0. The van der Waals surface area contributed by atoms with Gasteiger partial charge in [0, 0.05) is 30.7 Å². The van der Waals surface area contributed by atoms with Gasteiger partial charge in [0.25, 0.3) is 0 Å². The summed E-state index contributed by atoms with van der Waals surface area (Å²) < 4.78 is 0. The fourth-order valence-electron chi connectivity index (χ4n) is 4.02. The van der Waals surface area contributed by atoms with Gasteiger partial charge in [-0.25, -0.2) is 4.98 Å². The summed E-state index contributed by atoms with van der Waals surface area (Å²) in [4.78, 5) is 11.2. The maximum absolute atomic E-state index is 4.67. The molecule has 3 heterocycles. The second kappa shape index (κ2) is 7.66. The van der Waals surface area contributed by atoms with E-state index >= 15 is 0 Å². The van der Waals surface area contributed by atoms with E-state index in [2.05, 4.69) is 51.3 Å². The van der Waals surface area contributed by atoms with E-state index in [9.17, 15) is 0 Å². The van der Waals surface area contributed by atoms with Crippen molar-refractivity contribution in [2.24, 2.45) is 0 Å². The van der Waals surface area contributed by atoms with E-state index in [0.717, 1.165) is 12.5 Å². The quantitative estimate of drug-likeness (QED) is 0.815. The van der Waals surface area contributed by atoms with Gasteiger partial charge < -0.3 is 4.90 Å². The lowest BCUT2D eigenvalue weighted by Gasteiger charge is -2.19. The van der Waals surface area contributed by atoms with Crippen LogP contribution < -0.4 is 4.90 Å². The molecule has 3 nitrogen and oxygen atoms in total. The monoisotopic (exact) mass is 341 g/mol. The molecule has 0 unspecified atom stereocenters. The van der Waals surface area contributed by atoms with Crippen LogP contribution >= 0.6 is 11.3 Å². The van der Waals surface area contributed by atoms with Crippen LogP contribution in [0.1, 0.15) is 48.5 Å². The van der Waals surface area contributed by atoms with Crippen LogP contribution in [0.4, 0.5) is 5.13 Å². The summed E-state index contributed by atoms with van der Waals surface area (Å²) in [5, 5.41) is 1.24. The van der Waals surface area contributed by atoms with Gasteiger partial charge in [0.1, 0.15) is 0 Å². The van der Waals surface area contributed by atoms with Gasteiger partial charge in [0.15, 0.2) is 5.13 Å². The third-order valence-corrected chi connectivity index (χ3v) is 6.43. The lowest BCUT2D eigenvalue weighted by molar-refractivity contribution is 0.278. The molecule has 4 rings (SSSR count). The fraction of sp³-hybridized carbons (Fsp3) is 0.550. The van der Waals surface area contributed by atoms with Crippen molar-refractivity contribution in [1.29, 1.82) is 0 Å². The maximum Gasteiger partial charge on any atom is 0.185 e. The second-order valence-electron chi connectivity index (χ2n) is 7.12. The molecule has 0 spiro atoms. The van der Waals surface area contributed by atoms with E-state index in [1.807, 2.05) is 11.3 Å². The normalized spacial score (nSPS) is 22.7. The maximum atomic E-state index is 4.67. The minimum absolute atomic E-state index is 0.734. The molecule has 0 saturated carbocycles. The highest BCUT2D eigenvalue weighted by Gasteiger charge is 2.20. The first-order chi connectivity index (χ1) is 11.9. The zero-order chi connectivity index (χ0) is 16.2. The van der Waals surface area contributed by atoms with E-state index in [1.54, 1.807) is 0 Å². The largest absolute Gasteiger partial charge is 0.348 e. The Balaban J connectivity index is 1.34. The van der Waals surface area contributed by atoms with Crippen LogP contribution in [0.25, 0.3) is 0 Å². The lowest BCUT2D eigenvalue weighted by Crippen LogP contribution is -2.23. The van der Waals surface area contributed by atoms with Crippen LogP contribution in [-0.2, 0) is 6.54 Å². The first-order valence-electron chi connectivity index (χ1n) is 9.35. The predicted molar refractivity (Wildman–Crippen MR) is 102 cm³/mol. The summed E-state index contributed by atoms with van der Waals surface area (Å²) in [6.07, 6.45) is 8.66. The molecule has 0 N–H and O–H groups in total. The van der Waals surface area contributed by atoms with Gasteiger partial charge in [0.2, 0.25) is 0 Å². The molecular formula is C20H27N3S. The zero-order valence-electron chi connectivity index (χ0n) is 14.4. The molecule has 0 amide bonds. The van der Waals surface area contributed by atoms with Crippen molar-refractivity contribution in [1.82, 2.24) is 9.88 Å². The smallest absolute Gasteiger partial charge is 0.185 e. The van der Waals surface area contributed by atoms with Crippen LogP contribution in [0.3, 0.4) is 0 Å². The van der Waals surface area contributed by atoms with Crippen LogP contribution in [0.5, 0.6) is 0 Å². The number of anilines is 1. The lowest BCUT2D eigenvalue weighted by atomic mass is 9.92. The molecule has 0 bridgehead atoms. The molecule has 0 aliphatic carbocycles. The molecule has 0 radical (unpaired) electrons. The Morgan fingerprint density at radius 1 is 0.958 bits per heavy atom. The molecule has 2 aromatic rings. The van der Waals surface area contributed by atoms with Crippen molar-refractivity contribution < 1.29 is 0 Å². The van der Waals surface area contributed by atoms with E-state index in [0.29, 0.717) is 0 Å². The van der Waals surface area contributed by atoms with Gasteiger partial charge in [-0.2, -0.15) is 0 Å². The molecule has 1 atom stereocenters. The second-order valence-corrected chi connectivity index (χ2v) is 8.21. The third-order valence-electron chi connectivity index (χ3n) is 5.39. The molecule has 4 heteroatoms. The molecule has 24 heavy (non-hydrogen) atoms. The van der Waals surface area contributed by atoms with Crippen molar-refractivity contribution in [3.8, 4) is 0 Å². The van der Waals surface area contributed by atoms with Gasteiger partial charge in [-0.15, -0.1) is 11.3 Å². The Morgan fingerprint density at radius 2 is 1.79 bits per heavy atom. The minimum Gasteiger partial charge on any atom is -0.348 e. The Morgan fingerprint density at radius 3 is 2.62 bits per heavy atom. The molecule has 2 fully saturated rings. The summed E-state index contributed by atoms with van der Waals surface area (Å²) in [6, 6.07) is 11.1. The van der Waals surface area contributed by atoms with E-state index in [-0.39, 0.29) is 0 Å². The minimum atomic E-state index is 0.734. The van der Waals surface area contributed by atoms with Crippen molar-refractivity contribution in [2.45, 2.75) is 44.6 Å². The zero-order valence-corrected chi connectivity index (χ0v) is 15.2. The Kier molecular flexibility index (Phi) is 5.14. The average Bonchev–Trinajstić information content (AvgIpc) is 3.25. The highest BCUT2D eigenvalue weighted by atomic mass is 32.1. The highest BCUT2D eigenvalue weighted by molar-refractivity contribution is 7.15. The number of rotatable bonds is 4. The molecule has 2 aliphatic rings. The van der Waals surface area contributed by atoms with Gasteiger partial charge in [-0.05, 0) is 56.7 Å². The topological polar surface area (TPSA) is 19.4 Å². The van der Waals surface area contributed by atoms with Crippen LogP contribution in [0.15, 0.2) is 36.5 Å². The number of benzene rings is 1. The van der Waals surface area contributed by atoms with Crippen LogP contribution in [0, 0.1) is 0 Å². The first-order valence-corrected chi connectivity index (χ1v) is 10.2. The molecule has 128 valence electrons. The van der Waals surface area contributed by atoms with Crippen molar-refractivity contribution >= 4 is 16.5 Å². The predicted octanol–water partition coefficient (Wildman–Crippen LogP) is 4.51. The summed E-state index contributed by atoms with van der Waals surface area (Å²) in [5.41, 5.74) is 1.52. The van der Waals surface area contributed by atoms with E-state index < -0.39 is 0 Å². The van der Waals surface area contributed by atoms with Gasteiger partial charge in [-0.3, -0.25) is 4.90 Å². The molecule has 2 saturated heterocycles. The third kappa shape index (κ3) is 3.81. The summed E-state index contributed by atoms with van der Waals surface area (Å²) in [6.45, 7) is 5.88. The average molecular weight is 342 g/mol. The fourth-order valence-corrected chi connectivity index (χ4v) is 5.02.